The highest BCUT2D eigenvalue weighted by atomic mass is 35.5. The van der Waals surface area contributed by atoms with E-state index in [2.05, 4.69) is 15.0 Å². The summed E-state index contributed by atoms with van der Waals surface area (Å²) < 4.78 is 102. The van der Waals surface area contributed by atoms with Gasteiger partial charge in [-0.3, -0.25) is 4.98 Å². The molecule has 1 unspecified atom stereocenters. The fourth-order valence-electron chi connectivity index (χ4n) is 4.12. The number of pyridine rings is 1. The van der Waals surface area contributed by atoms with E-state index >= 15 is 0 Å². The Morgan fingerprint density at radius 1 is 0.833 bits per heavy atom. The van der Waals surface area contributed by atoms with Crippen LogP contribution in [0.3, 0.4) is 0 Å². The van der Waals surface area contributed by atoms with Crippen LogP contribution in [-0.2, 0) is 18.1 Å². The molecule has 4 rings (SSSR count). The molecule has 0 spiro atoms. The quantitative estimate of drug-likeness (QED) is 0.193. The Hall–Kier alpha value is -4.32. The number of halogens is 8. The van der Waals surface area contributed by atoms with Crippen LogP contribution in [-0.4, -0.2) is 23.6 Å². The molecule has 0 radical (unpaired) electrons. The van der Waals surface area contributed by atoms with Crippen LogP contribution in [0, 0.1) is 0 Å². The SMILES string of the molecule is O=C(NC(Cc1ccccc1)(c1cccc(OC(F)(F)C(F)F)c1)c1ccc(Cl)cn1)Oc1cccc(C(F)(F)F)c1. The Balaban J connectivity index is 1.83. The van der Waals surface area contributed by atoms with Crippen molar-refractivity contribution in [2.45, 2.75) is 30.7 Å². The Morgan fingerprint density at radius 2 is 1.48 bits per heavy atom. The van der Waals surface area contributed by atoms with Crippen molar-refractivity contribution in [2.75, 3.05) is 0 Å². The fraction of sp³-hybridized carbons (Fsp3) is 0.172. The van der Waals surface area contributed by atoms with E-state index in [-0.39, 0.29) is 22.7 Å². The standard InChI is InChI=1S/C29H20ClF7N2O3/c30-21-12-13-24(38-17-21)27(16-18-6-2-1-3-7-18,19-8-4-11-23(14-19)42-29(36,37)25(31)32)39-26(40)41-22-10-5-9-20(15-22)28(33,34)35/h1-15,17,25H,16H2,(H,39,40). The number of carbonyl (C=O) groups excluding carboxylic acids is 1. The molecule has 13 heteroatoms. The van der Waals surface area contributed by atoms with Gasteiger partial charge in [0.2, 0.25) is 0 Å². The zero-order valence-electron chi connectivity index (χ0n) is 21.2. The molecule has 1 amide bonds. The Labute approximate surface area is 239 Å². The number of benzene rings is 3. The van der Waals surface area contributed by atoms with Crippen LogP contribution in [0.1, 0.15) is 22.4 Å². The van der Waals surface area contributed by atoms with Crippen LogP contribution >= 0.6 is 11.6 Å². The maximum Gasteiger partial charge on any atom is 0.461 e. The Morgan fingerprint density at radius 3 is 2.10 bits per heavy atom. The molecule has 0 aliphatic carbocycles. The summed E-state index contributed by atoms with van der Waals surface area (Å²) in [4.78, 5) is 17.6. The largest absolute Gasteiger partial charge is 0.461 e. The summed E-state index contributed by atoms with van der Waals surface area (Å²) in [6.07, 6.45) is -13.7. The van der Waals surface area contributed by atoms with E-state index in [1.54, 1.807) is 30.3 Å². The van der Waals surface area contributed by atoms with E-state index in [0.717, 1.165) is 30.3 Å². The van der Waals surface area contributed by atoms with Gasteiger partial charge in [0.15, 0.2) is 0 Å². The number of alkyl halides is 7. The molecular formula is C29H20ClF7N2O3. The van der Waals surface area contributed by atoms with Gasteiger partial charge < -0.3 is 14.8 Å². The Kier molecular flexibility index (Phi) is 8.95. The summed E-state index contributed by atoms with van der Waals surface area (Å²) >= 11 is 6.02. The van der Waals surface area contributed by atoms with Gasteiger partial charge in [0, 0.05) is 12.6 Å². The number of nitrogens with one attached hydrogen (secondary N) is 1. The lowest BCUT2D eigenvalue weighted by atomic mass is 9.80. The summed E-state index contributed by atoms with van der Waals surface area (Å²) in [6, 6.07) is 19.6. The molecular weight excluding hydrogens is 593 g/mol. The molecule has 3 aromatic carbocycles. The Bertz CT molecular complexity index is 1520. The van der Waals surface area contributed by atoms with Crippen molar-refractivity contribution in [3.8, 4) is 11.5 Å². The van der Waals surface area contributed by atoms with Crippen molar-refractivity contribution in [3.05, 3.63) is 125 Å². The van der Waals surface area contributed by atoms with E-state index in [9.17, 15) is 35.5 Å². The van der Waals surface area contributed by atoms with Crippen molar-refractivity contribution >= 4 is 17.7 Å². The second-order valence-corrected chi connectivity index (χ2v) is 9.40. The van der Waals surface area contributed by atoms with Crippen LogP contribution in [0.15, 0.2) is 97.2 Å². The average Bonchev–Trinajstić information content (AvgIpc) is 2.93. The smallest absolute Gasteiger partial charge is 0.428 e. The van der Waals surface area contributed by atoms with Gasteiger partial charge in [-0.15, -0.1) is 0 Å². The van der Waals surface area contributed by atoms with Gasteiger partial charge in [0.25, 0.3) is 0 Å². The molecule has 1 atom stereocenters. The van der Waals surface area contributed by atoms with Crippen LogP contribution in [0.4, 0.5) is 35.5 Å². The van der Waals surface area contributed by atoms with Crippen molar-refractivity contribution < 1.29 is 45.0 Å². The van der Waals surface area contributed by atoms with Gasteiger partial charge >= 0.3 is 24.8 Å². The minimum atomic E-state index is -4.82. The van der Waals surface area contributed by atoms with Gasteiger partial charge in [0.1, 0.15) is 17.0 Å². The summed E-state index contributed by atoms with van der Waals surface area (Å²) in [5.41, 5.74) is -2.07. The summed E-state index contributed by atoms with van der Waals surface area (Å²) in [7, 11) is 0. The molecule has 4 aromatic rings. The first-order chi connectivity index (χ1) is 19.8. The first-order valence-electron chi connectivity index (χ1n) is 12.1. The van der Waals surface area contributed by atoms with E-state index in [1.165, 1.54) is 30.5 Å². The lowest BCUT2D eigenvalue weighted by Gasteiger charge is -2.35. The molecule has 1 aromatic heterocycles. The predicted molar refractivity (Wildman–Crippen MR) is 139 cm³/mol. The molecule has 0 saturated heterocycles. The van der Waals surface area contributed by atoms with Gasteiger partial charge in [-0.05, 0) is 53.6 Å². The number of rotatable bonds is 9. The normalized spacial score (nSPS) is 13.4. The maximum atomic E-state index is 13.8. The van der Waals surface area contributed by atoms with Crippen molar-refractivity contribution in [3.63, 3.8) is 0 Å². The molecule has 42 heavy (non-hydrogen) atoms. The topological polar surface area (TPSA) is 60.5 Å². The highest BCUT2D eigenvalue weighted by molar-refractivity contribution is 6.30. The molecule has 1 N–H and O–H groups in total. The fourth-order valence-corrected chi connectivity index (χ4v) is 4.23. The molecule has 220 valence electrons. The number of hydrogen-bond donors (Lipinski definition) is 1. The molecule has 0 aliphatic heterocycles. The molecule has 0 fully saturated rings. The van der Waals surface area contributed by atoms with Crippen LogP contribution < -0.4 is 14.8 Å². The number of hydrogen-bond acceptors (Lipinski definition) is 4. The number of ether oxygens (including phenoxy) is 2. The lowest BCUT2D eigenvalue weighted by molar-refractivity contribution is -0.253. The number of amides is 1. The van der Waals surface area contributed by atoms with E-state index in [0.29, 0.717) is 11.6 Å². The van der Waals surface area contributed by atoms with Crippen molar-refractivity contribution in [1.82, 2.24) is 10.3 Å². The van der Waals surface area contributed by atoms with Gasteiger partial charge in [-0.2, -0.15) is 30.7 Å². The first kappa shape index (κ1) is 30.6. The second kappa shape index (κ2) is 12.3. The van der Waals surface area contributed by atoms with Crippen molar-refractivity contribution in [2.24, 2.45) is 0 Å². The highest BCUT2D eigenvalue weighted by Gasteiger charge is 2.45. The van der Waals surface area contributed by atoms with E-state index in [1.807, 2.05) is 0 Å². The predicted octanol–water partition coefficient (Wildman–Crippen LogP) is 8.27. The van der Waals surface area contributed by atoms with Gasteiger partial charge in [0.05, 0.1) is 16.3 Å². The summed E-state index contributed by atoms with van der Waals surface area (Å²) in [5, 5.41) is 2.83. The number of aromatic nitrogens is 1. The highest BCUT2D eigenvalue weighted by Crippen LogP contribution is 2.37. The third-order valence-electron chi connectivity index (χ3n) is 6.00. The first-order valence-corrected chi connectivity index (χ1v) is 12.4. The van der Waals surface area contributed by atoms with Crippen LogP contribution in [0.2, 0.25) is 5.02 Å². The monoisotopic (exact) mass is 612 g/mol. The number of nitrogens with zero attached hydrogens (tertiary/aromatic N) is 1. The van der Waals surface area contributed by atoms with Crippen molar-refractivity contribution in [1.29, 1.82) is 0 Å². The molecule has 0 saturated carbocycles. The summed E-state index contributed by atoms with van der Waals surface area (Å²) in [5.74, 6) is -1.09. The zero-order valence-corrected chi connectivity index (χ0v) is 22.0. The van der Waals surface area contributed by atoms with Crippen LogP contribution in [0.5, 0.6) is 11.5 Å². The minimum absolute atomic E-state index is 0.0461. The average molecular weight is 613 g/mol. The van der Waals surface area contributed by atoms with Gasteiger partial charge in [-0.1, -0.05) is 60.1 Å². The van der Waals surface area contributed by atoms with E-state index in [4.69, 9.17) is 16.3 Å². The van der Waals surface area contributed by atoms with Crippen LogP contribution in [0.25, 0.3) is 0 Å². The van der Waals surface area contributed by atoms with E-state index < -0.39 is 47.4 Å². The zero-order chi connectivity index (χ0) is 30.5. The molecule has 0 bridgehead atoms. The lowest BCUT2D eigenvalue weighted by Crippen LogP contribution is -2.50. The number of carbonyl (C=O) groups is 1. The maximum absolute atomic E-state index is 13.8. The second-order valence-electron chi connectivity index (χ2n) is 8.96. The third-order valence-corrected chi connectivity index (χ3v) is 6.22. The summed E-state index contributed by atoms with van der Waals surface area (Å²) in [6.45, 7) is 0. The van der Waals surface area contributed by atoms with Gasteiger partial charge in [-0.25, -0.2) is 4.79 Å². The molecule has 0 aliphatic rings. The minimum Gasteiger partial charge on any atom is -0.428 e. The molecule has 5 nitrogen and oxygen atoms in total. The molecule has 1 heterocycles. The third kappa shape index (κ3) is 7.30.